The van der Waals surface area contributed by atoms with Crippen LogP contribution in [-0.2, 0) is 11.4 Å². The van der Waals surface area contributed by atoms with Crippen molar-refractivity contribution < 1.29 is 19.4 Å². The first-order chi connectivity index (χ1) is 14.1. The largest absolute Gasteiger partial charge is 0.489 e. The van der Waals surface area contributed by atoms with Crippen LogP contribution in [0.2, 0.25) is 0 Å². The summed E-state index contributed by atoms with van der Waals surface area (Å²) in [6.07, 6.45) is 1.59. The summed E-state index contributed by atoms with van der Waals surface area (Å²) in [5.74, 6) is -0.0596. The number of likely N-dealkylation sites (N-methyl/N-ethyl adjacent to an activating group) is 1. The summed E-state index contributed by atoms with van der Waals surface area (Å²) in [5.41, 5.74) is 1.74. The minimum absolute atomic E-state index is 0.0133. The van der Waals surface area contributed by atoms with Crippen LogP contribution in [-0.4, -0.2) is 59.0 Å². The normalized spacial score (nSPS) is 14.8. The van der Waals surface area contributed by atoms with Crippen molar-refractivity contribution >= 4 is 11.9 Å². The predicted molar refractivity (Wildman–Crippen MR) is 111 cm³/mol. The van der Waals surface area contributed by atoms with Gasteiger partial charge < -0.3 is 14.7 Å². The zero-order valence-corrected chi connectivity index (χ0v) is 16.8. The molecule has 3 rings (SSSR count). The first kappa shape index (κ1) is 20.9. The standard InChI is InChI=1S/C23H28N2O4/c1-2-24(16-22(26)27)20-12-14-25(15-13-20)23(28)19-8-10-21(11-9-19)29-17-18-6-4-3-5-7-18/h3-11,20H,2,12-17H2,1H3,(H,26,27). The van der Waals surface area contributed by atoms with E-state index in [-0.39, 0.29) is 18.5 Å². The van der Waals surface area contributed by atoms with Gasteiger partial charge >= 0.3 is 5.97 Å². The molecule has 0 atom stereocenters. The molecule has 2 aromatic rings. The van der Waals surface area contributed by atoms with Crippen LogP contribution in [0.15, 0.2) is 54.6 Å². The smallest absolute Gasteiger partial charge is 0.317 e. The molecule has 0 bridgehead atoms. The maximum Gasteiger partial charge on any atom is 0.317 e. The van der Waals surface area contributed by atoms with Gasteiger partial charge in [0.05, 0.1) is 6.54 Å². The van der Waals surface area contributed by atoms with Crippen molar-refractivity contribution in [2.75, 3.05) is 26.2 Å². The molecule has 2 aromatic carbocycles. The van der Waals surface area contributed by atoms with E-state index in [2.05, 4.69) is 0 Å². The number of aliphatic carboxylic acids is 1. The van der Waals surface area contributed by atoms with E-state index in [4.69, 9.17) is 9.84 Å². The van der Waals surface area contributed by atoms with Gasteiger partial charge in [0.2, 0.25) is 0 Å². The molecule has 1 heterocycles. The number of carboxylic acids is 1. The number of hydrogen-bond acceptors (Lipinski definition) is 4. The van der Waals surface area contributed by atoms with Gasteiger partial charge in [0.1, 0.15) is 12.4 Å². The van der Waals surface area contributed by atoms with Gasteiger partial charge in [-0.25, -0.2) is 0 Å². The lowest BCUT2D eigenvalue weighted by molar-refractivity contribution is -0.139. The Balaban J connectivity index is 1.51. The molecule has 1 N–H and O–H groups in total. The molecule has 0 aliphatic carbocycles. The summed E-state index contributed by atoms with van der Waals surface area (Å²) in [7, 11) is 0. The lowest BCUT2D eigenvalue weighted by Crippen LogP contribution is -2.48. The van der Waals surface area contributed by atoms with Crippen molar-refractivity contribution in [3.8, 4) is 5.75 Å². The third kappa shape index (κ3) is 5.81. The van der Waals surface area contributed by atoms with Gasteiger partial charge in [0.15, 0.2) is 0 Å². The summed E-state index contributed by atoms with van der Waals surface area (Å²) in [6, 6.07) is 17.4. The molecule has 154 valence electrons. The molecule has 1 fully saturated rings. The van der Waals surface area contributed by atoms with E-state index < -0.39 is 5.97 Å². The number of ether oxygens (including phenoxy) is 1. The van der Waals surface area contributed by atoms with E-state index in [0.717, 1.165) is 24.2 Å². The molecule has 1 aliphatic heterocycles. The summed E-state index contributed by atoms with van der Waals surface area (Å²) >= 11 is 0. The van der Waals surface area contributed by atoms with Gasteiger partial charge in [-0.3, -0.25) is 14.5 Å². The molecule has 1 saturated heterocycles. The Morgan fingerprint density at radius 3 is 2.31 bits per heavy atom. The van der Waals surface area contributed by atoms with Crippen molar-refractivity contribution in [1.82, 2.24) is 9.80 Å². The number of carbonyl (C=O) groups is 2. The molecular formula is C23H28N2O4. The van der Waals surface area contributed by atoms with E-state index in [0.29, 0.717) is 31.8 Å². The highest BCUT2D eigenvalue weighted by Crippen LogP contribution is 2.20. The van der Waals surface area contributed by atoms with Gasteiger partial charge in [-0.1, -0.05) is 37.3 Å². The van der Waals surface area contributed by atoms with E-state index >= 15 is 0 Å². The maximum atomic E-state index is 12.8. The lowest BCUT2D eigenvalue weighted by Gasteiger charge is -2.37. The third-order valence-corrected chi connectivity index (χ3v) is 5.36. The summed E-state index contributed by atoms with van der Waals surface area (Å²) < 4.78 is 5.78. The molecule has 0 aromatic heterocycles. The van der Waals surface area contributed by atoms with Crippen molar-refractivity contribution in [2.45, 2.75) is 32.4 Å². The predicted octanol–water partition coefficient (Wildman–Crippen LogP) is 3.28. The molecule has 0 unspecified atom stereocenters. The molecule has 0 spiro atoms. The quantitative estimate of drug-likeness (QED) is 0.742. The second-order valence-corrected chi connectivity index (χ2v) is 7.28. The minimum Gasteiger partial charge on any atom is -0.489 e. The fraction of sp³-hybridized carbons (Fsp3) is 0.391. The van der Waals surface area contributed by atoms with Crippen LogP contribution in [0.3, 0.4) is 0 Å². The third-order valence-electron chi connectivity index (χ3n) is 5.36. The van der Waals surface area contributed by atoms with Crippen molar-refractivity contribution in [2.24, 2.45) is 0 Å². The van der Waals surface area contributed by atoms with Gasteiger partial charge in [-0.2, -0.15) is 0 Å². The Kier molecular flexibility index (Phi) is 7.25. The van der Waals surface area contributed by atoms with E-state index in [1.54, 1.807) is 12.1 Å². The summed E-state index contributed by atoms with van der Waals surface area (Å²) in [5, 5.41) is 9.04. The number of likely N-dealkylation sites (tertiary alicyclic amines) is 1. The number of nitrogens with zero attached hydrogens (tertiary/aromatic N) is 2. The van der Waals surface area contributed by atoms with Crippen LogP contribution in [0.25, 0.3) is 0 Å². The van der Waals surface area contributed by atoms with E-state index in [9.17, 15) is 9.59 Å². The number of rotatable bonds is 8. The van der Waals surface area contributed by atoms with E-state index in [1.807, 2.05) is 59.2 Å². The van der Waals surface area contributed by atoms with Crippen molar-refractivity contribution in [1.29, 1.82) is 0 Å². The van der Waals surface area contributed by atoms with Crippen molar-refractivity contribution in [3.05, 3.63) is 65.7 Å². The summed E-state index contributed by atoms with van der Waals surface area (Å²) in [4.78, 5) is 27.6. The van der Waals surface area contributed by atoms with Crippen LogP contribution >= 0.6 is 0 Å². The second-order valence-electron chi connectivity index (χ2n) is 7.28. The number of benzene rings is 2. The fourth-order valence-corrected chi connectivity index (χ4v) is 3.72. The van der Waals surface area contributed by atoms with Crippen molar-refractivity contribution in [3.63, 3.8) is 0 Å². The molecule has 1 amide bonds. The molecule has 29 heavy (non-hydrogen) atoms. The molecule has 1 aliphatic rings. The van der Waals surface area contributed by atoms with Crippen LogP contribution in [0, 0.1) is 0 Å². The van der Waals surface area contributed by atoms with Gasteiger partial charge in [-0.15, -0.1) is 0 Å². The monoisotopic (exact) mass is 396 g/mol. The highest BCUT2D eigenvalue weighted by molar-refractivity contribution is 5.94. The van der Waals surface area contributed by atoms with Crippen LogP contribution in [0.1, 0.15) is 35.7 Å². The molecule has 0 radical (unpaired) electrons. The zero-order chi connectivity index (χ0) is 20.6. The highest BCUT2D eigenvalue weighted by Gasteiger charge is 2.27. The number of piperidine rings is 1. The maximum absolute atomic E-state index is 12.8. The van der Waals surface area contributed by atoms with Crippen LogP contribution in [0.4, 0.5) is 0 Å². The first-order valence-electron chi connectivity index (χ1n) is 10.1. The van der Waals surface area contributed by atoms with Crippen LogP contribution in [0.5, 0.6) is 5.75 Å². The topological polar surface area (TPSA) is 70.1 Å². The van der Waals surface area contributed by atoms with Gasteiger partial charge in [0.25, 0.3) is 5.91 Å². The molecule has 6 nitrogen and oxygen atoms in total. The van der Waals surface area contributed by atoms with Crippen LogP contribution < -0.4 is 4.74 Å². The average Bonchev–Trinajstić information content (AvgIpc) is 2.76. The SMILES string of the molecule is CCN(CC(=O)O)C1CCN(C(=O)c2ccc(OCc3ccccc3)cc2)CC1. The lowest BCUT2D eigenvalue weighted by atomic mass is 10.0. The molecular weight excluding hydrogens is 368 g/mol. The highest BCUT2D eigenvalue weighted by atomic mass is 16.5. The van der Waals surface area contributed by atoms with Gasteiger partial charge in [0, 0.05) is 24.7 Å². The number of amides is 1. The first-order valence-corrected chi connectivity index (χ1v) is 10.1. The zero-order valence-electron chi connectivity index (χ0n) is 16.8. The second kappa shape index (κ2) is 10.1. The Bertz CT molecular complexity index is 799. The fourth-order valence-electron chi connectivity index (χ4n) is 3.72. The Morgan fingerprint density at radius 1 is 1.07 bits per heavy atom. The van der Waals surface area contributed by atoms with E-state index in [1.165, 1.54) is 0 Å². The molecule has 0 saturated carbocycles. The number of carboxylic acid groups (broad SMARTS) is 1. The Labute approximate surface area is 171 Å². The number of hydrogen-bond donors (Lipinski definition) is 1. The molecule has 6 heteroatoms. The average molecular weight is 396 g/mol. The number of carbonyl (C=O) groups excluding carboxylic acids is 1. The minimum atomic E-state index is -0.806. The Hall–Kier alpha value is -2.86. The van der Waals surface area contributed by atoms with Gasteiger partial charge in [-0.05, 0) is 49.2 Å². The Morgan fingerprint density at radius 2 is 1.72 bits per heavy atom. The summed E-state index contributed by atoms with van der Waals surface area (Å²) in [6.45, 7) is 4.51.